The summed E-state index contributed by atoms with van der Waals surface area (Å²) in [7, 11) is 0. The van der Waals surface area contributed by atoms with Gasteiger partial charge in [0.25, 0.3) is 5.91 Å². The van der Waals surface area contributed by atoms with Crippen molar-refractivity contribution >= 4 is 21.8 Å². The van der Waals surface area contributed by atoms with Crippen LogP contribution in [0.25, 0.3) is 0 Å². The lowest BCUT2D eigenvalue weighted by Gasteiger charge is -2.38. The van der Waals surface area contributed by atoms with E-state index in [1.54, 1.807) is 0 Å². The molecule has 1 fully saturated rings. The molecule has 0 aliphatic carbocycles. The predicted octanol–water partition coefficient (Wildman–Crippen LogP) is 2.96. The summed E-state index contributed by atoms with van der Waals surface area (Å²) in [5.74, 6) is 0.576. The zero-order chi connectivity index (χ0) is 14.0. The van der Waals surface area contributed by atoms with Crippen LogP contribution in [0.5, 0.6) is 0 Å². The van der Waals surface area contributed by atoms with Gasteiger partial charge in [0.2, 0.25) is 0 Å². The van der Waals surface area contributed by atoms with Crippen molar-refractivity contribution < 1.29 is 4.79 Å². The van der Waals surface area contributed by atoms with Gasteiger partial charge in [-0.3, -0.25) is 4.79 Å². The second-order valence-electron chi connectivity index (χ2n) is 5.44. The first-order valence-corrected chi connectivity index (χ1v) is 7.59. The van der Waals surface area contributed by atoms with Gasteiger partial charge >= 0.3 is 0 Å². The van der Waals surface area contributed by atoms with E-state index in [0.29, 0.717) is 18.5 Å². The standard InChI is InChI=1S/C15H21BrN2O/c1-10-7-13(16)5-6-14(10)15(19)18-9-12(8-17)4-3-11(18)2/h5-7,11-12H,3-4,8-9,17H2,1-2H3. The third-order valence-electron chi connectivity index (χ3n) is 3.99. The molecular weight excluding hydrogens is 304 g/mol. The summed E-state index contributed by atoms with van der Waals surface area (Å²) in [5, 5.41) is 0. The summed E-state index contributed by atoms with van der Waals surface area (Å²) >= 11 is 3.43. The van der Waals surface area contributed by atoms with Gasteiger partial charge < -0.3 is 10.6 Å². The van der Waals surface area contributed by atoms with Crippen LogP contribution in [0.3, 0.4) is 0 Å². The number of aryl methyl sites for hydroxylation is 1. The quantitative estimate of drug-likeness (QED) is 0.909. The number of nitrogens with zero attached hydrogens (tertiary/aromatic N) is 1. The van der Waals surface area contributed by atoms with E-state index < -0.39 is 0 Å². The number of hydrogen-bond donors (Lipinski definition) is 1. The lowest BCUT2D eigenvalue weighted by atomic mass is 9.92. The van der Waals surface area contributed by atoms with E-state index in [2.05, 4.69) is 22.9 Å². The van der Waals surface area contributed by atoms with Crippen molar-refractivity contribution in [1.29, 1.82) is 0 Å². The minimum Gasteiger partial charge on any atom is -0.336 e. The molecule has 0 spiro atoms. The normalized spacial score (nSPS) is 23.5. The number of hydrogen-bond acceptors (Lipinski definition) is 2. The number of amides is 1. The summed E-state index contributed by atoms with van der Waals surface area (Å²) in [5.41, 5.74) is 7.57. The molecule has 1 amide bonds. The maximum Gasteiger partial charge on any atom is 0.254 e. The average molecular weight is 325 g/mol. The van der Waals surface area contributed by atoms with Gasteiger partial charge in [-0.1, -0.05) is 15.9 Å². The van der Waals surface area contributed by atoms with E-state index in [4.69, 9.17) is 5.73 Å². The molecule has 2 N–H and O–H groups in total. The Bertz CT molecular complexity index is 475. The van der Waals surface area contributed by atoms with Gasteiger partial charge in [-0.05, 0) is 62.9 Å². The monoisotopic (exact) mass is 324 g/mol. The Morgan fingerprint density at radius 3 is 2.84 bits per heavy atom. The second kappa shape index (κ2) is 6.06. The van der Waals surface area contributed by atoms with Crippen LogP contribution in [0.1, 0.15) is 35.7 Å². The van der Waals surface area contributed by atoms with Crippen LogP contribution in [0.2, 0.25) is 0 Å². The van der Waals surface area contributed by atoms with Gasteiger partial charge in [0.05, 0.1) is 0 Å². The number of likely N-dealkylation sites (tertiary alicyclic amines) is 1. The Morgan fingerprint density at radius 2 is 2.21 bits per heavy atom. The van der Waals surface area contributed by atoms with Crippen molar-refractivity contribution in [3.8, 4) is 0 Å². The lowest BCUT2D eigenvalue weighted by Crippen LogP contribution is -2.47. The SMILES string of the molecule is Cc1cc(Br)ccc1C(=O)N1CC(CN)CCC1C. The maximum absolute atomic E-state index is 12.7. The Balaban J connectivity index is 2.22. The van der Waals surface area contributed by atoms with Crippen LogP contribution >= 0.6 is 15.9 Å². The van der Waals surface area contributed by atoms with E-state index in [-0.39, 0.29) is 5.91 Å². The zero-order valence-electron chi connectivity index (χ0n) is 11.5. The molecule has 1 aliphatic rings. The Morgan fingerprint density at radius 1 is 1.47 bits per heavy atom. The smallest absolute Gasteiger partial charge is 0.254 e. The molecule has 19 heavy (non-hydrogen) atoms. The number of benzene rings is 1. The van der Waals surface area contributed by atoms with E-state index >= 15 is 0 Å². The third kappa shape index (κ3) is 3.18. The first-order valence-electron chi connectivity index (χ1n) is 6.80. The van der Waals surface area contributed by atoms with E-state index in [0.717, 1.165) is 35.0 Å². The highest BCUT2D eigenvalue weighted by atomic mass is 79.9. The van der Waals surface area contributed by atoms with E-state index in [1.807, 2.05) is 30.0 Å². The molecular formula is C15H21BrN2O. The van der Waals surface area contributed by atoms with Crippen LogP contribution in [0, 0.1) is 12.8 Å². The number of rotatable bonds is 2. The van der Waals surface area contributed by atoms with Crippen LogP contribution in [0.4, 0.5) is 0 Å². The molecule has 0 aromatic heterocycles. The van der Waals surface area contributed by atoms with E-state index in [1.165, 1.54) is 0 Å². The fourth-order valence-corrected chi connectivity index (χ4v) is 3.15. The molecule has 2 atom stereocenters. The largest absolute Gasteiger partial charge is 0.336 e. The van der Waals surface area contributed by atoms with Crippen LogP contribution in [-0.2, 0) is 0 Å². The number of piperidine rings is 1. The Labute approximate surface area is 123 Å². The highest BCUT2D eigenvalue weighted by Crippen LogP contribution is 2.25. The molecule has 104 valence electrons. The summed E-state index contributed by atoms with van der Waals surface area (Å²) in [6.45, 7) is 5.55. The summed E-state index contributed by atoms with van der Waals surface area (Å²) < 4.78 is 1.01. The van der Waals surface area contributed by atoms with Gasteiger partial charge in [-0.2, -0.15) is 0 Å². The average Bonchev–Trinajstić information content (AvgIpc) is 2.38. The molecule has 0 bridgehead atoms. The zero-order valence-corrected chi connectivity index (χ0v) is 13.1. The molecule has 1 aromatic rings. The van der Waals surface area contributed by atoms with Crippen LogP contribution < -0.4 is 5.73 Å². The number of halogens is 1. The summed E-state index contributed by atoms with van der Waals surface area (Å²) in [6.07, 6.45) is 2.17. The molecule has 1 heterocycles. The number of nitrogens with two attached hydrogens (primary N) is 1. The van der Waals surface area contributed by atoms with Gasteiger partial charge in [0.15, 0.2) is 0 Å². The molecule has 0 radical (unpaired) electrons. The minimum absolute atomic E-state index is 0.135. The first kappa shape index (κ1) is 14.5. The van der Waals surface area contributed by atoms with Crippen molar-refractivity contribution in [2.75, 3.05) is 13.1 Å². The fraction of sp³-hybridized carbons (Fsp3) is 0.533. The van der Waals surface area contributed by atoms with Crippen LogP contribution in [0.15, 0.2) is 22.7 Å². The number of carbonyl (C=O) groups is 1. The molecule has 1 aromatic carbocycles. The Kier molecular flexibility index (Phi) is 4.63. The number of carbonyl (C=O) groups excluding carboxylic acids is 1. The minimum atomic E-state index is 0.135. The molecule has 2 unspecified atom stereocenters. The molecule has 3 nitrogen and oxygen atoms in total. The summed E-state index contributed by atoms with van der Waals surface area (Å²) in [6, 6.07) is 6.12. The van der Waals surface area contributed by atoms with Crippen molar-refractivity contribution in [2.45, 2.75) is 32.7 Å². The van der Waals surface area contributed by atoms with E-state index in [9.17, 15) is 4.79 Å². The molecule has 2 rings (SSSR count). The maximum atomic E-state index is 12.7. The predicted molar refractivity (Wildman–Crippen MR) is 81.2 cm³/mol. The van der Waals surface area contributed by atoms with Crippen molar-refractivity contribution in [1.82, 2.24) is 4.90 Å². The lowest BCUT2D eigenvalue weighted by molar-refractivity contribution is 0.0566. The highest BCUT2D eigenvalue weighted by molar-refractivity contribution is 9.10. The van der Waals surface area contributed by atoms with Crippen molar-refractivity contribution in [2.24, 2.45) is 11.7 Å². The summed E-state index contributed by atoms with van der Waals surface area (Å²) in [4.78, 5) is 14.7. The van der Waals surface area contributed by atoms with Gasteiger partial charge in [0.1, 0.15) is 0 Å². The third-order valence-corrected chi connectivity index (χ3v) is 4.49. The Hall–Kier alpha value is -0.870. The van der Waals surface area contributed by atoms with Crippen molar-refractivity contribution in [3.63, 3.8) is 0 Å². The second-order valence-corrected chi connectivity index (χ2v) is 6.36. The van der Waals surface area contributed by atoms with Gasteiger partial charge in [-0.25, -0.2) is 0 Å². The first-order chi connectivity index (χ1) is 9.02. The van der Waals surface area contributed by atoms with Crippen molar-refractivity contribution in [3.05, 3.63) is 33.8 Å². The highest BCUT2D eigenvalue weighted by Gasteiger charge is 2.29. The molecule has 4 heteroatoms. The molecule has 0 saturated carbocycles. The molecule has 1 saturated heterocycles. The fourth-order valence-electron chi connectivity index (χ4n) is 2.68. The van der Waals surface area contributed by atoms with Crippen LogP contribution in [-0.4, -0.2) is 29.9 Å². The van der Waals surface area contributed by atoms with Gasteiger partial charge in [-0.15, -0.1) is 0 Å². The molecule has 1 aliphatic heterocycles. The topological polar surface area (TPSA) is 46.3 Å². The van der Waals surface area contributed by atoms with Gasteiger partial charge in [0, 0.05) is 22.6 Å².